The minimum Gasteiger partial charge on any atom is -0.482 e. The number of nitrogen functional groups attached to an aromatic ring is 1. The number of fused-ring (bicyclic) bond motifs is 1. The summed E-state index contributed by atoms with van der Waals surface area (Å²) in [6, 6.07) is 10.4. The zero-order chi connectivity index (χ0) is 17.6. The van der Waals surface area contributed by atoms with E-state index in [9.17, 15) is 0 Å². The van der Waals surface area contributed by atoms with E-state index in [1.807, 2.05) is 24.3 Å². The van der Waals surface area contributed by atoms with Crippen LogP contribution in [0.1, 0.15) is 32.4 Å². The third-order valence-corrected chi connectivity index (χ3v) is 4.00. The molecular formula is C19H23N5O. The molecule has 3 rings (SSSR count). The van der Waals surface area contributed by atoms with Crippen molar-refractivity contribution in [3.05, 3.63) is 48.4 Å². The first-order valence-electron chi connectivity index (χ1n) is 8.52. The van der Waals surface area contributed by atoms with Gasteiger partial charge in [-0.3, -0.25) is 4.98 Å². The summed E-state index contributed by atoms with van der Waals surface area (Å²) >= 11 is 0. The van der Waals surface area contributed by atoms with E-state index in [0.717, 1.165) is 29.3 Å². The predicted molar refractivity (Wildman–Crippen MR) is 101 cm³/mol. The molecule has 6 heteroatoms. The first-order chi connectivity index (χ1) is 12.2. The van der Waals surface area contributed by atoms with Crippen LogP contribution in [-0.2, 0) is 6.61 Å². The second-order valence-corrected chi connectivity index (χ2v) is 6.04. The van der Waals surface area contributed by atoms with Crippen molar-refractivity contribution in [1.29, 1.82) is 0 Å². The van der Waals surface area contributed by atoms with Gasteiger partial charge in [-0.15, -0.1) is 0 Å². The van der Waals surface area contributed by atoms with Crippen LogP contribution in [0.4, 0.5) is 11.8 Å². The molecule has 25 heavy (non-hydrogen) atoms. The summed E-state index contributed by atoms with van der Waals surface area (Å²) in [5, 5.41) is 5.57. The van der Waals surface area contributed by atoms with Gasteiger partial charge in [0.25, 0.3) is 0 Å². The standard InChI is InChI=1S/C19H23N5O/c1-3-6-13(2)23-18-17(11-22-19(20)24-18)25-12-16-15-8-5-4-7-14(15)9-10-21-16/h4-5,7-11,13H,3,6,12H2,1-2H3,(H3,20,22,23,24)/t13-/m1/s1. The highest BCUT2D eigenvalue weighted by molar-refractivity contribution is 5.84. The molecule has 130 valence electrons. The van der Waals surface area contributed by atoms with Gasteiger partial charge >= 0.3 is 0 Å². The van der Waals surface area contributed by atoms with Gasteiger partial charge in [-0.05, 0) is 24.8 Å². The number of benzene rings is 1. The Hall–Kier alpha value is -2.89. The van der Waals surface area contributed by atoms with Crippen molar-refractivity contribution in [2.75, 3.05) is 11.1 Å². The zero-order valence-corrected chi connectivity index (χ0v) is 14.6. The Kier molecular flexibility index (Phi) is 5.28. The lowest BCUT2D eigenvalue weighted by Crippen LogP contribution is -2.17. The second-order valence-electron chi connectivity index (χ2n) is 6.04. The van der Waals surface area contributed by atoms with E-state index >= 15 is 0 Å². The molecule has 1 aromatic carbocycles. The minimum atomic E-state index is 0.224. The Morgan fingerprint density at radius 1 is 1.20 bits per heavy atom. The van der Waals surface area contributed by atoms with Crippen LogP contribution in [0.25, 0.3) is 10.8 Å². The Balaban J connectivity index is 1.80. The van der Waals surface area contributed by atoms with Crippen molar-refractivity contribution in [1.82, 2.24) is 15.0 Å². The highest BCUT2D eigenvalue weighted by Gasteiger charge is 2.12. The molecule has 2 heterocycles. The summed E-state index contributed by atoms with van der Waals surface area (Å²) < 4.78 is 5.96. The smallest absolute Gasteiger partial charge is 0.222 e. The van der Waals surface area contributed by atoms with Gasteiger partial charge in [0.05, 0.1) is 11.9 Å². The van der Waals surface area contributed by atoms with Gasteiger partial charge in [-0.2, -0.15) is 4.98 Å². The van der Waals surface area contributed by atoms with Crippen LogP contribution < -0.4 is 15.8 Å². The Morgan fingerprint density at radius 3 is 2.88 bits per heavy atom. The highest BCUT2D eigenvalue weighted by Crippen LogP contribution is 2.25. The number of nitrogens with one attached hydrogen (secondary N) is 1. The van der Waals surface area contributed by atoms with Crippen molar-refractivity contribution < 1.29 is 4.74 Å². The molecule has 0 aliphatic carbocycles. The van der Waals surface area contributed by atoms with Crippen molar-refractivity contribution in [3.63, 3.8) is 0 Å². The molecule has 0 bridgehead atoms. The monoisotopic (exact) mass is 337 g/mol. The molecule has 0 aliphatic rings. The zero-order valence-electron chi connectivity index (χ0n) is 14.6. The SMILES string of the molecule is CCC[C@@H](C)Nc1nc(N)ncc1OCc1nccc2ccccc12. The quantitative estimate of drug-likeness (QED) is 0.682. The summed E-state index contributed by atoms with van der Waals surface area (Å²) in [6.07, 6.45) is 5.52. The lowest BCUT2D eigenvalue weighted by atomic mass is 10.1. The summed E-state index contributed by atoms with van der Waals surface area (Å²) in [6.45, 7) is 4.60. The van der Waals surface area contributed by atoms with E-state index < -0.39 is 0 Å². The van der Waals surface area contributed by atoms with Crippen LogP contribution in [0.5, 0.6) is 5.75 Å². The minimum absolute atomic E-state index is 0.224. The number of hydrogen-bond donors (Lipinski definition) is 2. The number of nitrogens with zero attached hydrogens (tertiary/aromatic N) is 3. The van der Waals surface area contributed by atoms with Crippen LogP contribution in [0.2, 0.25) is 0 Å². The van der Waals surface area contributed by atoms with Gasteiger partial charge < -0.3 is 15.8 Å². The molecule has 0 aliphatic heterocycles. The van der Waals surface area contributed by atoms with Gasteiger partial charge in [0.15, 0.2) is 11.6 Å². The fourth-order valence-electron chi connectivity index (χ4n) is 2.78. The summed E-state index contributed by atoms with van der Waals surface area (Å²) in [5.41, 5.74) is 6.61. The van der Waals surface area contributed by atoms with Gasteiger partial charge in [0.1, 0.15) is 6.61 Å². The van der Waals surface area contributed by atoms with E-state index in [0.29, 0.717) is 18.2 Å². The van der Waals surface area contributed by atoms with Crippen molar-refractivity contribution in [2.24, 2.45) is 0 Å². The van der Waals surface area contributed by atoms with Gasteiger partial charge in [-0.1, -0.05) is 37.6 Å². The normalized spacial score (nSPS) is 12.1. The number of rotatable bonds is 7. The number of anilines is 2. The Morgan fingerprint density at radius 2 is 2.04 bits per heavy atom. The molecule has 0 saturated heterocycles. The van der Waals surface area contributed by atoms with E-state index in [2.05, 4.69) is 40.2 Å². The Bertz CT molecular complexity index is 847. The third kappa shape index (κ3) is 4.15. The lowest BCUT2D eigenvalue weighted by Gasteiger charge is -2.17. The molecule has 0 radical (unpaired) electrons. The molecule has 0 spiro atoms. The van der Waals surface area contributed by atoms with E-state index in [-0.39, 0.29) is 12.0 Å². The fraction of sp³-hybridized carbons (Fsp3) is 0.316. The number of hydrogen-bond acceptors (Lipinski definition) is 6. The number of nitrogens with two attached hydrogens (primary N) is 1. The predicted octanol–water partition coefficient (Wildman–Crippen LogP) is 3.79. The molecular weight excluding hydrogens is 314 g/mol. The molecule has 2 aromatic heterocycles. The summed E-state index contributed by atoms with van der Waals surface area (Å²) in [4.78, 5) is 12.8. The maximum Gasteiger partial charge on any atom is 0.222 e. The van der Waals surface area contributed by atoms with Crippen LogP contribution in [0, 0.1) is 0 Å². The topological polar surface area (TPSA) is 86.0 Å². The molecule has 0 saturated carbocycles. The average molecular weight is 337 g/mol. The molecule has 0 amide bonds. The first kappa shape index (κ1) is 17.0. The fourth-order valence-corrected chi connectivity index (χ4v) is 2.78. The van der Waals surface area contributed by atoms with Crippen LogP contribution in [-0.4, -0.2) is 21.0 Å². The Labute approximate surface area is 147 Å². The lowest BCUT2D eigenvalue weighted by molar-refractivity contribution is 0.302. The van der Waals surface area contributed by atoms with Gasteiger partial charge in [0.2, 0.25) is 5.95 Å². The molecule has 6 nitrogen and oxygen atoms in total. The van der Waals surface area contributed by atoms with Gasteiger partial charge in [-0.25, -0.2) is 4.98 Å². The van der Waals surface area contributed by atoms with Crippen LogP contribution in [0.15, 0.2) is 42.7 Å². The van der Waals surface area contributed by atoms with Crippen molar-refractivity contribution >= 4 is 22.5 Å². The molecule has 0 fully saturated rings. The number of pyridine rings is 1. The van der Waals surface area contributed by atoms with Crippen LogP contribution >= 0.6 is 0 Å². The second kappa shape index (κ2) is 7.79. The summed E-state index contributed by atoms with van der Waals surface area (Å²) in [5.74, 6) is 1.42. The highest BCUT2D eigenvalue weighted by atomic mass is 16.5. The first-order valence-corrected chi connectivity index (χ1v) is 8.52. The van der Waals surface area contributed by atoms with Crippen LogP contribution in [0.3, 0.4) is 0 Å². The van der Waals surface area contributed by atoms with Crippen molar-refractivity contribution in [3.8, 4) is 5.75 Å². The van der Waals surface area contributed by atoms with E-state index in [1.165, 1.54) is 0 Å². The maximum absolute atomic E-state index is 5.96. The van der Waals surface area contributed by atoms with Gasteiger partial charge in [0, 0.05) is 17.6 Å². The molecule has 3 aromatic rings. The molecule has 3 N–H and O–H groups in total. The number of ether oxygens (including phenoxy) is 1. The molecule has 1 atom stereocenters. The third-order valence-electron chi connectivity index (χ3n) is 4.00. The molecule has 0 unspecified atom stereocenters. The number of aromatic nitrogens is 3. The van der Waals surface area contributed by atoms with E-state index in [4.69, 9.17) is 10.5 Å². The average Bonchev–Trinajstić information content (AvgIpc) is 2.61. The maximum atomic E-state index is 5.96. The summed E-state index contributed by atoms with van der Waals surface area (Å²) in [7, 11) is 0. The van der Waals surface area contributed by atoms with E-state index in [1.54, 1.807) is 12.4 Å². The largest absolute Gasteiger partial charge is 0.482 e. The van der Waals surface area contributed by atoms with Crippen molar-refractivity contribution in [2.45, 2.75) is 39.3 Å².